The van der Waals surface area contributed by atoms with Crippen LogP contribution >= 0.6 is 11.3 Å². The second-order valence-corrected chi connectivity index (χ2v) is 6.22. The SMILES string of the molecule is CC(CN(C)C(=O)c1ccccc1C(=O)c1cccs1)C(=O)O. The Morgan fingerprint density at radius 2 is 1.78 bits per heavy atom. The van der Waals surface area contributed by atoms with Crippen molar-refractivity contribution in [3.8, 4) is 0 Å². The number of hydrogen-bond donors (Lipinski definition) is 1. The van der Waals surface area contributed by atoms with Crippen LogP contribution in [0.25, 0.3) is 0 Å². The molecular formula is C17H17NO4S. The molecule has 0 aliphatic carbocycles. The number of amides is 1. The summed E-state index contributed by atoms with van der Waals surface area (Å²) in [6.07, 6.45) is 0. The van der Waals surface area contributed by atoms with Crippen LogP contribution in [0.2, 0.25) is 0 Å². The highest BCUT2D eigenvalue weighted by molar-refractivity contribution is 7.12. The largest absolute Gasteiger partial charge is 0.481 e. The van der Waals surface area contributed by atoms with E-state index in [0.29, 0.717) is 10.4 Å². The molecule has 0 fully saturated rings. The molecule has 0 aliphatic rings. The molecule has 0 saturated carbocycles. The minimum Gasteiger partial charge on any atom is -0.481 e. The number of rotatable bonds is 6. The number of hydrogen-bond acceptors (Lipinski definition) is 4. The minimum atomic E-state index is -0.965. The van der Waals surface area contributed by atoms with E-state index in [0.717, 1.165) is 0 Å². The van der Waals surface area contributed by atoms with Crippen molar-refractivity contribution >= 4 is 29.0 Å². The Hall–Kier alpha value is -2.47. The monoisotopic (exact) mass is 331 g/mol. The number of ketones is 1. The lowest BCUT2D eigenvalue weighted by Crippen LogP contribution is -2.34. The van der Waals surface area contributed by atoms with E-state index in [4.69, 9.17) is 5.11 Å². The summed E-state index contributed by atoms with van der Waals surface area (Å²) >= 11 is 1.32. The van der Waals surface area contributed by atoms with Crippen LogP contribution in [0.5, 0.6) is 0 Å². The molecular weight excluding hydrogens is 314 g/mol. The molecule has 1 aromatic heterocycles. The molecule has 1 amide bonds. The molecule has 0 saturated heterocycles. The number of carboxylic acids is 1. The normalized spacial score (nSPS) is 11.7. The summed E-state index contributed by atoms with van der Waals surface area (Å²) in [5.41, 5.74) is 0.612. The zero-order valence-corrected chi connectivity index (χ0v) is 13.7. The van der Waals surface area contributed by atoms with Crippen molar-refractivity contribution in [2.45, 2.75) is 6.92 Å². The van der Waals surface area contributed by atoms with E-state index in [-0.39, 0.29) is 23.8 Å². The summed E-state index contributed by atoms with van der Waals surface area (Å²) in [6, 6.07) is 10.1. The van der Waals surface area contributed by atoms with Crippen molar-refractivity contribution in [1.82, 2.24) is 4.90 Å². The van der Waals surface area contributed by atoms with Gasteiger partial charge in [0.15, 0.2) is 0 Å². The zero-order chi connectivity index (χ0) is 17.0. The predicted octanol–water partition coefficient (Wildman–Crippen LogP) is 2.77. The first-order valence-corrected chi connectivity index (χ1v) is 7.95. The van der Waals surface area contributed by atoms with Gasteiger partial charge in [0, 0.05) is 19.2 Å². The van der Waals surface area contributed by atoms with Crippen LogP contribution in [0.3, 0.4) is 0 Å². The summed E-state index contributed by atoms with van der Waals surface area (Å²) < 4.78 is 0. The molecule has 1 heterocycles. The van der Waals surface area contributed by atoms with Gasteiger partial charge in [-0.15, -0.1) is 11.3 Å². The number of carbonyl (C=O) groups is 3. The quantitative estimate of drug-likeness (QED) is 0.826. The number of carboxylic acid groups (broad SMARTS) is 1. The van der Waals surface area contributed by atoms with Crippen molar-refractivity contribution in [1.29, 1.82) is 0 Å². The third kappa shape index (κ3) is 3.84. The van der Waals surface area contributed by atoms with Gasteiger partial charge in [0.25, 0.3) is 5.91 Å². The molecule has 6 heteroatoms. The standard InChI is InChI=1S/C17H17NO4S/c1-11(17(21)22)10-18(2)16(20)13-7-4-3-6-12(13)15(19)14-8-5-9-23-14/h3-9,11H,10H2,1-2H3,(H,21,22). The Kier molecular flexibility index (Phi) is 5.28. The van der Waals surface area contributed by atoms with Crippen molar-refractivity contribution in [3.05, 3.63) is 57.8 Å². The minimum absolute atomic E-state index is 0.0791. The van der Waals surface area contributed by atoms with Gasteiger partial charge >= 0.3 is 5.97 Å². The lowest BCUT2D eigenvalue weighted by atomic mass is 10.0. The van der Waals surface area contributed by atoms with E-state index in [1.54, 1.807) is 41.8 Å². The number of thiophene rings is 1. The molecule has 1 N–H and O–H groups in total. The van der Waals surface area contributed by atoms with Gasteiger partial charge < -0.3 is 10.0 Å². The van der Waals surface area contributed by atoms with E-state index in [2.05, 4.69) is 0 Å². The number of nitrogens with zero attached hydrogens (tertiary/aromatic N) is 1. The Labute approximate surface area is 138 Å². The van der Waals surface area contributed by atoms with Crippen molar-refractivity contribution < 1.29 is 19.5 Å². The van der Waals surface area contributed by atoms with Crippen molar-refractivity contribution in [2.24, 2.45) is 5.92 Å². The first kappa shape index (κ1) is 16.9. The van der Waals surface area contributed by atoms with Gasteiger partial charge in [-0.2, -0.15) is 0 Å². The second-order valence-electron chi connectivity index (χ2n) is 5.28. The number of benzene rings is 1. The Morgan fingerprint density at radius 3 is 2.35 bits per heavy atom. The molecule has 1 aromatic carbocycles. The van der Waals surface area contributed by atoms with Crippen LogP contribution in [0.15, 0.2) is 41.8 Å². The maximum atomic E-state index is 12.6. The second kappa shape index (κ2) is 7.19. The van der Waals surface area contributed by atoms with Gasteiger partial charge in [-0.3, -0.25) is 14.4 Å². The highest BCUT2D eigenvalue weighted by Gasteiger charge is 2.23. The van der Waals surface area contributed by atoms with Crippen molar-refractivity contribution in [3.63, 3.8) is 0 Å². The average Bonchev–Trinajstić information content (AvgIpc) is 3.07. The first-order valence-electron chi connectivity index (χ1n) is 7.07. The molecule has 1 unspecified atom stereocenters. The van der Waals surface area contributed by atoms with Gasteiger partial charge in [-0.25, -0.2) is 0 Å². The predicted molar refractivity (Wildman–Crippen MR) is 88.0 cm³/mol. The van der Waals surface area contributed by atoms with E-state index in [1.165, 1.54) is 30.2 Å². The molecule has 1 atom stereocenters. The van der Waals surface area contributed by atoms with Gasteiger partial charge in [0.2, 0.25) is 5.78 Å². The summed E-state index contributed by atoms with van der Waals surface area (Å²) in [7, 11) is 1.54. The first-order chi connectivity index (χ1) is 10.9. The topological polar surface area (TPSA) is 74.7 Å². The highest BCUT2D eigenvalue weighted by Crippen LogP contribution is 2.19. The van der Waals surface area contributed by atoms with Gasteiger partial charge in [0.1, 0.15) is 0 Å². The fourth-order valence-electron chi connectivity index (χ4n) is 2.19. The lowest BCUT2D eigenvalue weighted by Gasteiger charge is -2.20. The highest BCUT2D eigenvalue weighted by atomic mass is 32.1. The summed E-state index contributed by atoms with van der Waals surface area (Å²) in [5, 5.41) is 10.8. The van der Waals surface area contributed by atoms with Crippen LogP contribution in [0, 0.1) is 5.92 Å². The van der Waals surface area contributed by atoms with Gasteiger partial charge in [0.05, 0.1) is 16.4 Å². The Balaban J connectivity index is 2.28. The third-order valence-corrected chi connectivity index (χ3v) is 4.33. The van der Waals surface area contributed by atoms with Gasteiger partial charge in [-0.05, 0) is 17.5 Å². The fourth-order valence-corrected chi connectivity index (χ4v) is 2.86. The smallest absolute Gasteiger partial charge is 0.308 e. The fraction of sp³-hybridized carbons (Fsp3) is 0.235. The van der Waals surface area contributed by atoms with E-state index in [9.17, 15) is 14.4 Å². The Bertz CT molecular complexity index is 724. The van der Waals surface area contributed by atoms with Crippen LogP contribution in [-0.4, -0.2) is 41.3 Å². The van der Waals surface area contributed by atoms with Crippen LogP contribution in [0.4, 0.5) is 0 Å². The average molecular weight is 331 g/mol. The molecule has 0 bridgehead atoms. The third-order valence-electron chi connectivity index (χ3n) is 3.46. The van der Waals surface area contributed by atoms with E-state index >= 15 is 0 Å². The van der Waals surface area contributed by atoms with Crippen molar-refractivity contribution in [2.75, 3.05) is 13.6 Å². The summed E-state index contributed by atoms with van der Waals surface area (Å²) in [6.45, 7) is 1.62. The van der Waals surface area contributed by atoms with Gasteiger partial charge in [-0.1, -0.05) is 31.2 Å². The molecule has 2 aromatic rings. The molecule has 2 rings (SSSR count). The lowest BCUT2D eigenvalue weighted by molar-refractivity contribution is -0.141. The van der Waals surface area contributed by atoms with Crippen LogP contribution in [0.1, 0.15) is 32.5 Å². The molecule has 0 aliphatic heterocycles. The van der Waals surface area contributed by atoms with E-state index in [1.807, 2.05) is 0 Å². The van der Waals surface area contributed by atoms with Crippen LogP contribution < -0.4 is 0 Å². The molecule has 0 spiro atoms. The molecule has 0 radical (unpaired) electrons. The molecule has 5 nitrogen and oxygen atoms in total. The number of aliphatic carboxylic acids is 1. The Morgan fingerprint density at radius 1 is 1.13 bits per heavy atom. The maximum absolute atomic E-state index is 12.6. The molecule has 120 valence electrons. The maximum Gasteiger partial charge on any atom is 0.308 e. The summed E-state index contributed by atoms with van der Waals surface area (Å²) in [4.78, 5) is 37.9. The molecule has 23 heavy (non-hydrogen) atoms. The summed E-state index contributed by atoms with van der Waals surface area (Å²) in [5.74, 6) is -2.21. The van der Waals surface area contributed by atoms with E-state index < -0.39 is 11.9 Å². The number of carbonyl (C=O) groups excluding carboxylic acids is 2. The zero-order valence-electron chi connectivity index (χ0n) is 12.9. The van der Waals surface area contributed by atoms with Crippen LogP contribution in [-0.2, 0) is 4.79 Å².